The van der Waals surface area contributed by atoms with E-state index in [0.29, 0.717) is 22.6 Å². The van der Waals surface area contributed by atoms with Crippen molar-refractivity contribution in [3.8, 4) is 28.7 Å². The molecule has 3 N–H and O–H groups in total. The molecule has 1 unspecified atom stereocenters. The van der Waals surface area contributed by atoms with E-state index in [-0.39, 0.29) is 17.2 Å². The third-order valence-corrected chi connectivity index (χ3v) is 4.81. The summed E-state index contributed by atoms with van der Waals surface area (Å²) in [5.41, 5.74) is 2.34. The van der Waals surface area contributed by atoms with Crippen LogP contribution in [-0.2, 0) is 4.79 Å². The highest BCUT2D eigenvalue weighted by Gasteiger charge is 2.19. The molecule has 7 heteroatoms. The van der Waals surface area contributed by atoms with Gasteiger partial charge in [-0.05, 0) is 50.2 Å². The Hall–Kier alpha value is -4.15. The number of carboxylic acid groups (broad SMARTS) is 1. The van der Waals surface area contributed by atoms with Crippen molar-refractivity contribution in [2.24, 2.45) is 0 Å². The lowest BCUT2D eigenvalue weighted by Gasteiger charge is -2.14. The van der Waals surface area contributed by atoms with Crippen LogP contribution in [0.5, 0.6) is 5.75 Å². The number of ether oxygens (including phenoxy) is 1. The van der Waals surface area contributed by atoms with E-state index in [4.69, 9.17) is 4.74 Å². The van der Waals surface area contributed by atoms with Gasteiger partial charge >= 0.3 is 5.97 Å². The number of aromatic nitrogens is 1. The van der Waals surface area contributed by atoms with Crippen LogP contribution < -0.4 is 15.4 Å². The Morgan fingerprint density at radius 3 is 2.41 bits per heavy atom. The van der Waals surface area contributed by atoms with E-state index >= 15 is 0 Å². The Bertz CT molecular complexity index is 1200. The van der Waals surface area contributed by atoms with E-state index in [9.17, 15) is 14.7 Å². The monoisotopic (exact) mass is 429 g/mol. The predicted octanol–water partition coefficient (Wildman–Crippen LogP) is 3.40. The molecule has 3 aromatic rings. The number of carboxylic acids is 1. The van der Waals surface area contributed by atoms with Gasteiger partial charge in [0, 0.05) is 16.7 Å². The summed E-state index contributed by atoms with van der Waals surface area (Å²) in [6.07, 6.45) is 0. The normalized spacial score (nSPS) is 11.1. The summed E-state index contributed by atoms with van der Waals surface area (Å²) in [4.78, 5) is 28.5. The van der Waals surface area contributed by atoms with Crippen molar-refractivity contribution in [2.45, 2.75) is 13.0 Å². The first-order valence-electron chi connectivity index (χ1n) is 9.91. The van der Waals surface area contributed by atoms with Gasteiger partial charge in [0.15, 0.2) is 0 Å². The molecule has 1 amide bonds. The highest BCUT2D eigenvalue weighted by molar-refractivity contribution is 5.96. The summed E-state index contributed by atoms with van der Waals surface area (Å²) >= 11 is 0. The minimum absolute atomic E-state index is 0.0344. The molecule has 0 aliphatic carbocycles. The first kappa shape index (κ1) is 22.5. The average molecular weight is 429 g/mol. The van der Waals surface area contributed by atoms with Crippen molar-refractivity contribution in [3.05, 3.63) is 77.5 Å². The number of nitrogens with zero attached hydrogens (tertiary/aromatic N) is 1. The predicted molar refractivity (Wildman–Crippen MR) is 123 cm³/mol. The number of carbonyl (C=O) groups excluding carboxylic acids is 1. The molecule has 1 aromatic heterocycles. The summed E-state index contributed by atoms with van der Waals surface area (Å²) in [6.45, 7) is 1.74. The van der Waals surface area contributed by atoms with Gasteiger partial charge in [0.25, 0.3) is 0 Å². The SMILES string of the molecule is CNC(C)C(=O)Nc1ccc(-c2cccc(C(=O)O)c2OC)c(C#Cc2ccccc2)n1. The number of anilines is 1. The third kappa shape index (κ3) is 5.12. The Balaban J connectivity index is 2.14. The summed E-state index contributed by atoms with van der Waals surface area (Å²) in [5.74, 6) is 5.34. The molecule has 0 fully saturated rings. The maximum absolute atomic E-state index is 12.3. The summed E-state index contributed by atoms with van der Waals surface area (Å²) in [6, 6.07) is 17.3. The number of benzene rings is 2. The fourth-order valence-electron chi connectivity index (χ4n) is 3.00. The molecule has 0 saturated carbocycles. The van der Waals surface area contributed by atoms with Crippen LogP contribution in [0, 0.1) is 11.8 Å². The van der Waals surface area contributed by atoms with Crippen LogP contribution in [0.15, 0.2) is 60.7 Å². The summed E-state index contributed by atoms with van der Waals surface area (Å²) in [5, 5.41) is 15.2. The molecule has 0 bridgehead atoms. The highest BCUT2D eigenvalue weighted by atomic mass is 16.5. The zero-order valence-corrected chi connectivity index (χ0v) is 18.0. The number of hydrogen-bond acceptors (Lipinski definition) is 5. The maximum Gasteiger partial charge on any atom is 0.339 e. The number of aromatic carboxylic acids is 1. The molecular weight excluding hydrogens is 406 g/mol. The number of rotatable bonds is 6. The second kappa shape index (κ2) is 10.2. The smallest absolute Gasteiger partial charge is 0.339 e. The highest BCUT2D eigenvalue weighted by Crippen LogP contribution is 2.35. The largest absolute Gasteiger partial charge is 0.495 e. The van der Waals surface area contributed by atoms with Gasteiger partial charge in [-0.1, -0.05) is 36.3 Å². The summed E-state index contributed by atoms with van der Waals surface area (Å²) < 4.78 is 5.42. The number of nitrogens with one attached hydrogen (secondary N) is 2. The zero-order valence-electron chi connectivity index (χ0n) is 18.0. The number of para-hydroxylation sites is 1. The van der Waals surface area contributed by atoms with Gasteiger partial charge in [0.05, 0.1) is 13.2 Å². The van der Waals surface area contributed by atoms with Gasteiger partial charge in [-0.3, -0.25) is 4.79 Å². The van der Waals surface area contributed by atoms with Crippen molar-refractivity contribution in [1.29, 1.82) is 0 Å². The van der Waals surface area contributed by atoms with Crippen LogP contribution in [0.2, 0.25) is 0 Å². The molecular formula is C25H23N3O4. The maximum atomic E-state index is 12.3. The molecule has 3 rings (SSSR count). The van der Waals surface area contributed by atoms with E-state index < -0.39 is 12.0 Å². The average Bonchev–Trinajstić information content (AvgIpc) is 2.82. The molecule has 0 aliphatic heterocycles. The lowest BCUT2D eigenvalue weighted by atomic mass is 9.99. The number of amides is 1. The molecule has 1 heterocycles. The standard InChI is InChI=1S/C25H23N3O4/c1-16(26-2)24(29)28-22-15-13-18(19-10-7-11-20(25(30)31)23(19)32-3)21(27-22)14-12-17-8-5-4-6-9-17/h4-11,13,15-16,26H,1-3H3,(H,30,31)(H,27,28,29). The van der Waals surface area contributed by atoms with E-state index in [2.05, 4.69) is 27.5 Å². The van der Waals surface area contributed by atoms with E-state index in [1.54, 1.807) is 38.2 Å². The van der Waals surface area contributed by atoms with Gasteiger partial charge in [-0.2, -0.15) is 0 Å². The van der Waals surface area contributed by atoms with E-state index in [1.807, 2.05) is 30.3 Å². The fourth-order valence-corrected chi connectivity index (χ4v) is 3.00. The van der Waals surface area contributed by atoms with Crippen LogP contribution in [0.3, 0.4) is 0 Å². The number of hydrogen-bond donors (Lipinski definition) is 3. The van der Waals surface area contributed by atoms with Crippen LogP contribution in [-0.4, -0.2) is 42.2 Å². The first-order valence-corrected chi connectivity index (χ1v) is 9.91. The van der Waals surface area contributed by atoms with Gasteiger partial charge in [0.1, 0.15) is 22.8 Å². The number of pyridine rings is 1. The molecule has 32 heavy (non-hydrogen) atoms. The first-order chi connectivity index (χ1) is 15.4. The van der Waals surface area contributed by atoms with Crippen molar-refractivity contribution < 1.29 is 19.4 Å². The zero-order chi connectivity index (χ0) is 23.1. The Labute approximate surface area is 186 Å². The number of methoxy groups -OCH3 is 1. The minimum Gasteiger partial charge on any atom is -0.495 e. The summed E-state index contributed by atoms with van der Waals surface area (Å²) in [7, 11) is 3.11. The topological polar surface area (TPSA) is 101 Å². The van der Waals surface area contributed by atoms with Crippen LogP contribution in [0.1, 0.15) is 28.5 Å². The quantitative estimate of drug-likeness (QED) is 0.519. The Morgan fingerprint density at radius 1 is 1.00 bits per heavy atom. The van der Waals surface area contributed by atoms with Crippen molar-refractivity contribution in [1.82, 2.24) is 10.3 Å². The van der Waals surface area contributed by atoms with Crippen LogP contribution in [0.4, 0.5) is 5.82 Å². The minimum atomic E-state index is -1.10. The lowest BCUT2D eigenvalue weighted by molar-refractivity contribution is -0.117. The van der Waals surface area contributed by atoms with Gasteiger partial charge in [-0.25, -0.2) is 9.78 Å². The van der Waals surface area contributed by atoms with Crippen LogP contribution >= 0.6 is 0 Å². The molecule has 1 atom stereocenters. The van der Waals surface area contributed by atoms with Crippen molar-refractivity contribution >= 4 is 17.7 Å². The second-order valence-electron chi connectivity index (χ2n) is 6.90. The molecule has 0 aliphatic rings. The number of likely N-dealkylation sites (N-methyl/N-ethyl adjacent to an activating group) is 1. The third-order valence-electron chi connectivity index (χ3n) is 4.81. The molecule has 0 radical (unpaired) electrons. The van der Waals surface area contributed by atoms with Crippen molar-refractivity contribution in [3.63, 3.8) is 0 Å². The second-order valence-corrected chi connectivity index (χ2v) is 6.90. The van der Waals surface area contributed by atoms with E-state index in [0.717, 1.165) is 5.56 Å². The van der Waals surface area contributed by atoms with Gasteiger partial charge in [-0.15, -0.1) is 0 Å². The van der Waals surface area contributed by atoms with E-state index in [1.165, 1.54) is 13.2 Å². The number of carbonyl (C=O) groups is 2. The Morgan fingerprint density at radius 2 is 1.75 bits per heavy atom. The van der Waals surface area contributed by atoms with Crippen LogP contribution in [0.25, 0.3) is 11.1 Å². The molecule has 0 saturated heterocycles. The molecule has 2 aromatic carbocycles. The Kier molecular flexibility index (Phi) is 7.21. The van der Waals surface area contributed by atoms with Gasteiger partial charge in [0.2, 0.25) is 5.91 Å². The molecule has 7 nitrogen and oxygen atoms in total. The molecule has 0 spiro atoms. The van der Waals surface area contributed by atoms with Gasteiger partial charge < -0.3 is 20.5 Å². The molecule has 162 valence electrons. The lowest BCUT2D eigenvalue weighted by Crippen LogP contribution is -2.35. The van der Waals surface area contributed by atoms with Crippen molar-refractivity contribution in [2.75, 3.05) is 19.5 Å². The fraction of sp³-hybridized carbons (Fsp3) is 0.160.